The first-order valence-electron chi connectivity index (χ1n) is 5.48. The molecule has 0 aromatic carbocycles. The Hall–Kier alpha value is -1.11. The lowest BCUT2D eigenvalue weighted by Gasteiger charge is -2.37. The Bertz CT molecular complexity index is 328. The molecule has 17 heavy (non-hydrogen) atoms. The van der Waals surface area contributed by atoms with Gasteiger partial charge in [-0.2, -0.15) is 0 Å². The van der Waals surface area contributed by atoms with Gasteiger partial charge in [0.15, 0.2) is 0 Å². The van der Waals surface area contributed by atoms with Gasteiger partial charge < -0.3 is 15.3 Å². The van der Waals surface area contributed by atoms with E-state index >= 15 is 0 Å². The standard InChI is InChI=1S/C10H18N2O4S/c1-7(3-4-17(2)16)11-10(15)12-5-8(6-12)9(13)14/h7-8H,3-6H2,1-2H3,(H,11,15)(H,13,14). The summed E-state index contributed by atoms with van der Waals surface area (Å²) in [5.41, 5.74) is 0. The zero-order valence-electron chi connectivity index (χ0n) is 10.0. The molecule has 0 radical (unpaired) electrons. The molecule has 6 nitrogen and oxygen atoms in total. The van der Waals surface area contributed by atoms with Gasteiger partial charge in [0, 0.05) is 41.9 Å². The van der Waals surface area contributed by atoms with Gasteiger partial charge >= 0.3 is 12.0 Å². The Kier molecular flexibility index (Phi) is 4.92. The van der Waals surface area contributed by atoms with Crippen LogP contribution in [0.2, 0.25) is 0 Å². The second-order valence-corrected chi connectivity index (χ2v) is 5.91. The predicted molar refractivity (Wildman–Crippen MR) is 64.2 cm³/mol. The molecule has 2 amide bonds. The molecule has 0 bridgehead atoms. The molecule has 7 heteroatoms. The van der Waals surface area contributed by atoms with Gasteiger partial charge in [0.05, 0.1) is 5.92 Å². The molecule has 98 valence electrons. The molecule has 0 aliphatic carbocycles. The normalized spacial score (nSPS) is 19.3. The third kappa shape index (κ3) is 4.33. The summed E-state index contributed by atoms with van der Waals surface area (Å²) in [4.78, 5) is 23.6. The first-order chi connectivity index (χ1) is 7.90. The van der Waals surface area contributed by atoms with Crippen LogP contribution in [0.25, 0.3) is 0 Å². The summed E-state index contributed by atoms with van der Waals surface area (Å²) in [6, 6.07) is -0.285. The largest absolute Gasteiger partial charge is 0.481 e. The minimum absolute atomic E-state index is 0.0460. The van der Waals surface area contributed by atoms with Crippen LogP contribution >= 0.6 is 0 Å². The maximum atomic E-state index is 11.6. The number of nitrogens with one attached hydrogen (secondary N) is 1. The first-order valence-corrected chi connectivity index (χ1v) is 7.21. The average Bonchev–Trinajstić information content (AvgIpc) is 2.11. The highest BCUT2D eigenvalue weighted by molar-refractivity contribution is 7.84. The molecule has 2 unspecified atom stereocenters. The van der Waals surface area contributed by atoms with Crippen LogP contribution in [0.3, 0.4) is 0 Å². The summed E-state index contributed by atoms with van der Waals surface area (Å²) >= 11 is 0. The molecule has 0 saturated carbocycles. The maximum Gasteiger partial charge on any atom is 0.317 e. The Balaban J connectivity index is 2.22. The number of urea groups is 1. The molecule has 2 atom stereocenters. The number of carboxylic acids is 1. The monoisotopic (exact) mass is 262 g/mol. The van der Waals surface area contributed by atoms with E-state index in [4.69, 9.17) is 5.11 Å². The van der Waals surface area contributed by atoms with Crippen LogP contribution in [0.1, 0.15) is 13.3 Å². The van der Waals surface area contributed by atoms with Crippen molar-refractivity contribution in [2.45, 2.75) is 19.4 Å². The van der Waals surface area contributed by atoms with Crippen LogP contribution in [0.4, 0.5) is 4.79 Å². The Morgan fingerprint density at radius 2 is 2.12 bits per heavy atom. The van der Waals surface area contributed by atoms with Crippen molar-refractivity contribution in [3.63, 3.8) is 0 Å². The van der Waals surface area contributed by atoms with Gasteiger partial charge in [-0.1, -0.05) is 0 Å². The Morgan fingerprint density at radius 3 is 2.59 bits per heavy atom. The van der Waals surface area contributed by atoms with Gasteiger partial charge in [0.2, 0.25) is 0 Å². The molecular formula is C10H18N2O4S. The van der Waals surface area contributed by atoms with Crippen LogP contribution < -0.4 is 5.32 Å². The minimum Gasteiger partial charge on any atom is -0.481 e. The maximum absolute atomic E-state index is 11.6. The van der Waals surface area contributed by atoms with Crippen molar-refractivity contribution >= 4 is 22.8 Å². The van der Waals surface area contributed by atoms with Crippen molar-refractivity contribution in [2.24, 2.45) is 5.92 Å². The van der Waals surface area contributed by atoms with E-state index in [0.717, 1.165) is 0 Å². The molecule has 1 fully saturated rings. The lowest BCUT2D eigenvalue weighted by molar-refractivity contribution is -0.146. The summed E-state index contributed by atoms with van der Waals surface area (Å²) in [6.45, 7) is 2.39. The number of likely N-dealkylation sites (tertiary alicyclic amines) is 1. The highest BCUT2D eigenvalue weighted by Crippen LogP contribution is 2.15. The number of hydrogen-bond donors (Lipinski definition) is 2. The lowest BCUT2D eigenvalue weighted by atomic mass is 10.0. The fourth-order valence-corrected chi connectivity index (χ4v) is 2.20. The van der Waals surface area contributed by atoms with Crippen molar-refractivity contribution in [2.75, 3.05) is 25.1 Å². The zero-order valence-corrected chi connectivity index (χ0v) is 10.8. The number of carboxylic acid groups (broad SMARTS) is 1. The molecule has 0 aromatic rings. The van der Waals surface area contributed by atoms with E-state index in [0.29, 0.717) is 12.2 Å². The van der Waals surface area contributed by atoms with Crippen molar-refractivity contribution in [1.29, 1.82) is 0 Å². The van der Waals surface area contributed by atoms with E-state index in [9.17, 15) is 13.8 Å². The summed E-state index contributed by atoms with van der Waals surface area (Å²) in [6.07, 6.45) is 2.28. The topological polar surface area (TPSA) is 86.7 Å². The number of aliphatic carboxylic acids is 1. The van der Waals surface area contributed by atoms with Gasteiger partial charge in [-0.3, -0.25) is 9.00 Å². The number of rotatable bonds is 5. The third-order valence-electron chi connectivity index (χ3n) is 2.73. The molecule has 0 aromatic heterocycles. The number of carbonyl (C=O) groups excluding carboxylic acids is 1. The molecular weight excluding hydrogens is 244 g/mol. The van der Waals surface area contributed by atoms with Crippen molar-refractivity contribution in [3.05, 3.63) is 0 Å². The summed E-state index contributed by atoms with van der Waals surface area (Å²) in [5, 5.41) is 11.4. The predicted octanol–water partition coefficient (Wildman–Crippen LogP) is -0.130. The summed E-state index contributed by atoms with van der Waals surface area (Å²) in [7, 11) is -0.854. The summed E-state index contributed by atoms with van der Waals surface area (Å²) < 4.78 is 10.9. The van der Waals surface area contributed by atoms with Gasteiger partial charge in [-0.25, -0.2) is 4.79 Å². The van der Waals surface area contributed by atoms with Crippen molar-refractivity contribution < 1.29 is 18.9 Å². The first kappa shape index (κ1) is 14.0. The Morgan fingerprint density at radius 1 is 1.53 bits per heavy atom. The number of hydrogen-bond acceptors (Lipinski definition) is 3. The van der Waals surface area contributed by atoms with Gasteiger partial charge in [0.1, 0.15) is 0 Å². The van der Waals surface area contributed by atoms with E-state index in [1.807, 2.05) is 6.92 Å². The second kappa shape index (κ2) is 6.00. The lowest BCUT2D eigenvalue weighted by Crippen LogP contribution is -2.57. The van der Waals surface area contributed by atoms with Gasteiger partial charge in [-0.05, 0) is 13.3 Å². The number of nitrogens with zero attached hydrogens (tertiary/aromatic N) is 1. The van der Waals surface area contributed by atoms with Gasteiger partial charge in [0.25, 0.3) is 0 Å². The van der Waals surface area contributed by atoms with Crippen LogP contribution in [-0.2, 0) is 15.6 Å². The molecule has 2 N–H and O–H groups in total. The van der Waals surface area contributed by atoms with Crippen molar-refractivity contribution in [3.8, 4) is 0 Å². The second-order valence-electron chi connectivity index (χ2n) is 4.36. The van der Waals surface area contributed by atoms with Crippen LogP contribution in [-0.4, -0.2) is 57.4 Å². The fourth-order valence-electron chi connectivity index (χ4n) is 1.52. The SMILES string of the molecule is CC(CCS(C)=O)NC(=O)N1CC(C(=O)O)C1. The molecule has 0 spiro atoms. The van der Waals surface area contributed by atoms with Crippen LogP contribution in [0.5, 0.6) is 0 Å². The molecule has 1 rings (SSSR count). The zero-order chi connectivity index (χ0) is 13.0. The van der Waals surface area contributed by atoms with E-state index in [-0.39, 0.29) is 25.2 Å². The molecule has 1 aliphatic rings. The fraction of sp³-hybridized carbons (Fsp3) is 0.800. The third-order valence-corrected chi connectivity index (χ3v) is 3.54. The van der Waals surface area contributed by atoms with E-state index in [2.05, 4.69) is 5.32 Å². The molecule has 1 aliphatic heterocycles. The molecule has 1 heterocycles. The van der Waals surface area contributed by atoms with E-state index in [1.54, 1.807) is 6.26 Å². The minimum atomic E-state index is -0.858. The number of carbonyl (C=O) groups is 2. The van der Waals surface area contributed by atoms with E-state index in [1.165, 1.54) is 4.90 Å². The molecule has 1 saturated heterocycles. The van der Waals surface area contributed by atoms with E-state index < -0.39 is 22.7 Å². The highest BCUT2D eigenvalue weighted by Gasteiger charge is 2.35. The Labute approximate surface area is 103 Å². The van der Waals surface area contributed by atoms with Crippen LogP contribution in [0, 0.1) is 5.92 Å². The highest BCUT2D eigenvalue weighted by atomic mass is 32.2. The quantitative estimate of drug-likeness (QED) is 0.722. The average molecular weight is 262 g/mol. The van der Waals surface area contributed by atoms with Crippen molar-refractivity contribution in [1.82, 2.24) is 10.2 Å². The smallest absolute Gasteiger partial charge is 0.317 e. The van der Waals surface area contributed by atoms with Gasteiger partial charge in [-0.15, -0.1) is 0 Å². The number of amides is 2. The summed E-state index contributed by atoms with van der Waals surface area (Å²) in [5.74, 6) is -0.734. The van der Waals surface area contributed by atoms with Crippen LogP contribution in [0.15, 0.2) is 0 Å².